The number of halogens is 6. The van der Waals surface area contributed by atoms with E-state index in [9.17, 15) is 23.2 Å². The number of anilines is 2. The molecular formula is C52H58Cl2F4N6O6S. The second-order valence-corrected chi connectivity index (χ2v) is 20.7. The van der Waals surface area contributed by atoms with Crippen LogP contribution >= 0.6 is 34.5 Å². The van der Waals surface area contributed by atoms with Crippen molar-refractivity contribution in [1.82, 2.24) is 20.9 Å². The maximum Gasteiger partial charge on any atom is 0.257 e. The molecule has 2 aliphatic rings. The number of carbonyl (C=O) groups is 3. The van der Waals surface area contributed by atoms with Gasteiger partial charge in [0.25, 0.3) is 11.8 Å². The van der Waals surface area contributed by atoms with E-state index in [0.29, 0.717) is 64.3 Å². The molecule has 0 unspecified atom stereocenters. The highest BCUT2D eigenvalue weighted by Gasteiger charge is 2.57. The van der Waals surface area contributed by atoms with Gasteiger partial charge in [-0.25, -0.2) is 18.2 Å². The van der Waals surface area contributed by atoms with Gasteiger partial charge < -0.3 is 40.4 Å². The minimum atomic E-state index is -1.20. The van der Waals surface area contributed by atoms with Crippen LogP contribution in [0.3, 0.4) is 0 Å². The number of benzene rings is 4. The Morgan fingerprint density at radius 2 is 1.65 bits per heavy atom. The molecule has 4 aromatic carbocycles. The number of methoxy groups -OCH3 is 1. The van der Waals surface area contributed by atoms with Gasteiger partial charge in [-0.15, -0.1) is 11.3 Å². The SMILES string of the molecule is COc1cc(C(=O)NCCCCCCNC(=O)COc2c(-c3csc(N4CCOCC4)n3)ccc(F)c2F)ccc1NC(=O)[C@@H]1N[C@@H](CC(C)(C)C)[C@](C)(c2ccc(Cl)cc2F)[C@H]1c1cccc(Cl)c1F. The number of carbonyl (C=O) groups excluding carboxylic acids is 3. The van der Waals surface area contributed by atoms with E-state index in [1.54, 1.807) is 41.8 Å². The first-order valence-electron chi connectivity index (χ1n) is 23.5. The number of aromatic nitrogens is 1. The molecular weight excluding hydrogens is 984 g/mol. The first-order chi connectivity index (χ1) is 33.9. The Hall–Kier alpha value is -5.46. The molecule has 71 heavy (non-hydrogen) atoms. The van der Waals surface area contributed by atoms with Gasteiger partial charge in [-0.3, -0.25) is 14.4 Å². The third kappa shape index (κ3) is 12.6. The zero-order chi connectivity index (χ0) is 51.0. The minimum Gasteiger partial charge on any atom is -0.495 e. The summed E-state index contributed by atoms with van der Waals surface area (Å²) < 4.78 is 77.9. The highest BCUT2D eigenvalue weighted by atomic mass is 35.5. The quantitative estimate of drug-likeness (QED) is 0.0470. The third-order valence-corrected chi connectivity index (χ3v) is 14.3. The van der Waals surface area contributed by atoms with E-state index in [0.717, 1.165) is 24.0 Å². The van der Waals surface area contributed by atoms with Crippen LogP contribution in [0.1, 0.15) is 87.2 Å². The van der Waals surface area contributed by atoms with Crippen molar-refractivity contribution in [3.05, 3.63) is 122 Å². The molecule has 4 N–H and O–H groups in total. The fourth-order valence-corrected chi connectivity index (χ4v) is 10.6. The first-order valence-corrected chi connectivity index (χ1v) is 25.1. The second-order valence-electron chi connectivity index (χ2n) is 19.1. The lowest BCUT2D eigenvalue weighted by Crippen LogP contribution is -2.44. The number of hydrogen-bond donors (Lipinski definition) is 4. The van der Waals surface area contributed by atoms with Crippen molar-refractivity contribution in [2.45, 2.75) is 83.2 Å². The molecule has 4 atom stereocenters. The van der Waals surface area contributed by atoms with Gasteiger partial charge in [-0.1, -0.05) is 81.9 Å². The Kier molecular flexibility index (Phi) is 17.6. The minimum absolute atomic E-state index is 0.134. The summed E-state index contributed by atoms with van der Waals surface area (Å²) >= 11 is 13.9. The molecule has 0 bridgehead atoms. The Bertz CT molecular complexity index is 2720. The smallest absolute Gasteiger partial charge is 0.257 e. The zero-order valence-corrected chi connectivity index (χ0v) is 42.5. The van der Waals surface area contributed by atoms with Gasteiger partial charge in [0.05, 0.1) is 42.8 Å². The van der Waals surface area contributed by atoms with E-state index in [4.69, 9.17) is 37.4 Å². The summed E-state index contributed by atoms with van der Waals surface area (Å²) in [6.07, 6.45) is 3.26. The Balaban J connectivity index is 0.904. The van der Waals surface area contributed by atoms with Gasteiger partial charge in [0, 0.05) is 65.1 Å². The van der Waals surface area contributed by atoms with Crippen molar-refractivity contribution >= 4 is 63.1 Å². The summed E-state index contributed by atoms with van der Waals surface area (Å²) in [5.41, 5.74) is 0.151. The van der Waals surface area contributed by atoms with Gasteiger partial charge in [0.1, 0.15) is 17.4 Å². The van der Waals surface area contributed by atoms with Crippen molar-refractivity contribution < 1.29 is 46.2 Å². The van der Waals surface area contributed by atoms with Crippen molar-refractivity contribution in [3.63, 3.8) is 0 Å². The van der Waals surface area contributed by atoms with E-state index >= 15 is 8.78 Å². The summed E-state index contributed by atoms with van der Waals surface area (Å²) in [7, 11) is 1.41. The maximum absolute atomic E-state index is 16.1. The molecule has 2 aliphatic heterocycles. The molecule has 0 spiro atoms. The van der Waals surface area contributed by atoms with Crippen LogP contribution in [0.5, 0.6) is 11.5 Å². The normalized spacial score (nSPS) is 19.1. The number of nitrogens with one attached hydrogen (secondary N) is 4. The van der Waals surface area contributed by atoms with Gasteiger partial charge >= 0.3 is 0 Å². The molecule has 3 heterocycles. The lowest BCUT2D eigenvalue weighted by molar-refractivity contribution is -0.123. The van der Waals surface area contributed by atoms with Crippen LogP contribution in [0.15, 0.2) is 72.1 Å². The molecule has 12 nitrogen and oxygen atoms in total. The molecule has 5 aromatic rings. The van der Waals surface area contributed by atoms with Crippen LogP contribution in [0.2, 0.25) is 10.0 Å². The molecule has 19 heteroatoms. The van der Waals surface area contributed by atoms with Crippen molar-refractivity contribution in [3.8, 4) is 22.8 Å². The number of thiazole rings is 1. The lowest BCUT2D eigenvalue weighted by Gasteiger charge is -2.40. The number of amides is 3. The topological polar surface area (TPSA) is 143 Å². The summed E-state index contributed by atoms with van der Waals surface area (Å²) in [5.74, 6) is -6.11. The predicted octanol–water partition coefficient (Wildman–Crippen LogP) is 10.5. The number of hydrogen-bond acceptors (Lipinski definition) is 10. The largest absolute Gasteiger partial charge is 0.495 e. The van der Waals surface area contributed by atoms with Gasteiger partial charge in [-0.05, 0) is 84.3 Å². The van der Waals surface area contributed by atoms with Crippen LogP contribution < -0.4 is 35.6 Å². The maximum atomic E-state index is 16.1. The van der Waals surface area contributed by atoms with Crippen molar-refractivity contribution in [2.24, 2.45) is 5.41 Å². The molecule has 0 radical (unpaired) electrons. The fraction of sp³-hybridized carbons (Fsp3) is 0.423. The number of nitrogens with zero attached hydrogens (tertiary/aromatic N) is 2. The van der Waals surface area contributed by atoms with Crippen LogP contribution in [0, 0.1) is 28.7 Å². The van der Waals surface area contributed by atoms with E-state index in [2.05, 4.69) is 31.2 Å². The van der Waals surface area contributed by atoms with E-state index in [-0.39, 0.29) is 60.8 Å². The van der Waals surface area contributed by atoms with Crippen LogP contribution in [-0.4, -0.2) is 87.9 Å². The molecule has 2 saturated heterocycles. The number of unbranched alkanes of at least 4 members (excludes halogenated alkanes) is 3. The lowest BCUT2D eigenvalue weighted by atomic mass is 9.63. The summed E-state index contributed by atoms with van der Waals surface area (Å²) in [4.78, 5) is 47.0. The fourth-order valence-electron chi connectivity index (χ4n) is 9.34. The van der Waals surface area contributed by atoms with Gasteiger partial charge in [0.2, 0.25) is 11.7 Å². The highest BCUT2D eigenvalue weighted by molar-refractivity contribution is 7.14. The predicted molar refractivity (Wildman–Crippen MR) is 269 cm³/mol. The van der Waals surface area contributed by atoms with Crippen LogP contribution in [0.25, 0.3) is 11.3 Å². The second kappa shape index (κ2) is 23.4. The molecule has 3 amide bonds. The van der Waals surface area contributed by atoms with Crippen LogP contribution in [0.4, 0.5) is 28.4 Å². The van der Waals surface area contributed by atoms with Crippen LogP contribution in [-0.2, 0) is 19.7 Å². The molecule has 1 aromatic heterocycles. The monoisotopic (exact) mass is 1040 g/mol. The Morgan fingerprint density at radius 1 is 0.915 bits per heavy atom. The summed E-state index contributed by atoms with van der Waals surface area (Å²) in [6, 6.07) is 14.4. The Morgan fingerprint density at radius 3 is 2.35 bits per heavy atom. The average molecular weight is 1040 g/mol. The standard InChI is InChI=1S/C52H58Cl2F4N6O6S/c1-51(2,3)27-41-52(4,34-16-14-31(53)26-37(34)56)43(33-11-10-12-35(54)44(33)57)46(63-41)49(67)61-38-18-13-30(25-40(38)68-5)48(66)60-20-9-7-6-8-19-59-42(65)28-70-47-32(15-17-36(55)45(47)58)39-29-71-50(62-39)64-21-23-69-24-22-64/h10-18,25-26,29,41,43,46,63H,6-9,19-24,27-28H2,1-5H3,(H,59,65)(H,60,66)(H,61,67)/t41-,43-,46+,52-/m0/s1. The zero-order valence-electron chi connectivity index (χ0n) is 40.2. The highest BCUT2D eigenvalue weighted by Crippen LogP contribution is 2.53. The molecule has 380 valence electrons. The van der Waals surface area contributed by atoms with Crippen molar-refractivity contribution in [2.75, 3.05) is 63.3 Å². The number of rotatable bonds is 19. The van der Waals surface area contributed by atoms with E-state index in [1.165, 1.54) is 42.7 Å². The third-order valence-electron chi connectivity index (χ3n) is 12.9. The van der Waals surface area contributed by atoms with Crippen molar-refractivity contribution in [1.29, 1.82) is 0 Å². The Labute approximate surface area is 425 Å². The van der Waals surface area contributed by atoms with E-state index in [1.807, 2.05) is 27.7 Å². The number of morpholine rings is 1. The first kappa shape index (κ1) is 53.3. The molecule has 0 aliphatic carbocycles. The summed E-state index contributed by atoms with van der Waals surface area (Å²) in [6.45, 7) is 10.6. The van der Waals surface area contributed by atoms with Gasteiger partial charge in [-0.2, -0.15) is 4.39 Å². The average Bonchev–Trinajstić information content (AvgIpc) is 3.94. The molecule has 0 saturated carbocycles. The van der Waals surface area contributed by atoms with E-state index < -0.39 is 65.1 Å². The summed E-state index contributed by atoms with van der Waals surface area (Å²) in [5, 5.41) is 14.6. The molecule has 2 fully saturated rings. The molecule has 7 rings (SSSR count). The number of ether oxygens (including phenoxy) is 3. The van der Waals surface area contributed by atoms with Gasteiger partial charge in [0.15, 0.2) is 23.3 Å².